The first kappa shape index (κ1) is 13.5. The van der Waals surface area contributed by atoms with Gasteiger partial charge in [0.05, 0.1) is 18.1 Å². The smallest absolute Gasteiger partial charge is 0.264 e. The summed E-state index contributed by atoms with van der Waals surface area (Å²) in [7, 11) is 1.61. The maximum Gasteiger partial charge on any atom is 0.264 e. The Balaban J connectivity index is 2.06. The van der Waals surface area contributed by atoms with Crippen LogP contribution in [0, 0.1) is 0 Å². The Hall–Kier alpha value is -0.910. The molecule has 1 heterocycles. The van der Waals surface area contributed by atoms with Crippen molar-refractivity contribution in [3.05, 3.63) is 21.4 Å². The van der Waals surface area contributed by atoms with E-state index in [2.05, 4.69) is 0 Å². The van der Waals surface area contributed by atoms with Crippen molar-refractivity contribution in [2.24, 2.45) is 0 Å². The van der Waals surface area contributed by atoms with Crippen molar-refractivity contribution in [3.63, 3.8) is 0 Å². The number of rotatable bonds is 6. The van der Waals surface area contributed by atoms with Crippen LogP contribution in [0.1, 0.15) is 26.5 Å². The summed E-state index contributed by atoms with van der Waals surface area (Å²) in [6, 6.07) is 2.02. The monoisotopic (exact) mass is 269 g/mol. The standard InChI is InChI=1S/C13H19NO3S/c1-17-8-6-14(5-7-15)13(16)12-9-10-3-2-4-11(10)18-12/h9,15H,2-8H2,1H3. The van der Waals surface area contributed by atoms with E-state index in [-0.39, 0.29) is 12.5 Å². The molecule has 0 bridgehead atoms. The molecule has 0 spiro atoms. The summed E-state index contributed by atoms with van der Waals surface area (Å²) in [4.78, 5) is 16.1. The minimum atomic E-state index is -0.0133. The number of methoxy groups -OCH3 is 1. The molecule has 1 aromatic heterocycles. The summed E-state index contributed by atoms with van der Waals surface area (Å²) in [5.74, 6) is 0.0144. The van der Waals surface area contributed by atoms with Gasteiger partial charge in [-0.15, -0.1) is 11.3 Å². The Morgan fingerprint density at radius 1 is 1.50 bits per heavy atom. The molecule has 0 radical (unpaired) electrons. The molecule has 18 heavy (non-hydrogen) atoms. The average Bonchev–Trinajstić information content (AvgIpc) is 2.94. The van der Waals surface area contributed by atoms with Crippen molar-refractivity contribution in [2.75, 3.05) is 33.4 Å². The van der Waals surface area contributed by atoms with Crippen LogP contribution < -0.4 is 0 Å². The fourth-order valence-electron chi connectivity index (χ4n) is 2.23. The van der Waals surface area contributed by atoms with Gasteiger partial charge in [0.15, 0.2) is 0 Å². The van der Waals surface area contributed by atoms with Crippen LogP contribution in [0.15, 0.2) is 6.07 Å². The number of carbonyl (C=O) groups excluding carboxylic acids is 1. The predicted octanol–water partition coefficient (Wildman–Crippen LogP) is 1.32. The summed E-state index contributed by atoms with van der Waals surface area (Å²) in [5.41, 5.74) is 1.33. The van der Waals surface area contributed by atoms with Crippen molar-refractivity contribution in [1.29, 1.82) is 0 Å². The molecule has 0 unspecified atom stereocenters. The van der Waals surface area contributed by atoms with Crippen molar-refractivity contribution in [3.8, 4) is 0 Å². The van der Waals surface area contributed by atoms with Gasteiger partial charge in [-0.05, 0) is 30.9 Å². The highest BCUT2D eigenvalue weighted by Crippen LogP contribution is 2.31. The number of amides is 1. The maximum absolute atomic E-state index is 12.3. The van der Waals surface area contributed by atoms with Gasteiger partial charge in [0, 0.05) is 25.1 Å². The minimum Gasteiger partial charge on any atom is -0.395 e. The van der Waals surface area contributed by atoms with E-state index in [0.29, 0.717) is 19.7 Å². The minimum absolute atomic E-state index is 0.0133. The Labute approximate surface area is 111 Å². The van der Waals surface area contributed by atoms with Crippen LogP contribution in [0.4, 0.5) is 0 Å². The molecule has 0 saturated heterocycles. The fourth-order valence-corrected chi connectivity index (χ4v) is 3.45. The Bertz CT molecular complexity index is 395. The highest BCUT2D eigenvalue weighted by molar-refractivity contribution is 7.14. The third-order valence-corrected chi connectivity index (χ3v) is 4.40. The van der Waals surface area contributed by atoms with Gasteiger partial charge in [-0.25, -0.2) is 0 Å². The van der Waals surface area contributed by atoms with Crippen LogP contribution in [0.25, 0.3) is 0 Å². The normalized spacial score (nSPS) is 13.7. The van der Waals surface area contributed by atoms with Crippen molar-refractivity contribution >= 4 is 17.2 Å². The van der Waals surface area contributed by atoms with Crippen LogP contribution in [-0.4, -0.2) is 49.3 Å². The second-order valence-corrected chi connectivity index (χ2v) is 5.56. The number of thiophene rings is 1. The molecule has 0 aromatic carbocycles. The van der Waals surface area contributed by atoms with Gasteiger partial charge in [0.2, 0.25) is 0 Å². The zero-order chi connectivity index (χ0) is 13.0. The van der Waals surface area contributed by atoms with E-state index in [1.165, 1.54) is 16.9 Å². The first-order chi connectivity index (χ1) is 8.76. The lowest BCUT2D eigenvalue weighted by Gasteiger charge is -2.20. The number of carbonyl (C=O) groups is 1. The van der Waals surface area contributed by atoms with Crippen molar-refractivity contribution < 1.29 is 14.6 Å². The number of ether oxygens (including phenoxy) is 1. The van der Waals surface area contributed by atoms with Crippen LogP contribution in [-0.2, 0) is 17.6 Å². The molecule has 1 aromatic rings. The van der Waals surface area contributed by atoms with E-state index in [0.717, 1.165) is 17.7 Å². The molecule has 0 fully saturated rings. The van der Waals surface area contributed by atoms with Gasteiger partial charge in [-0.1, -0.05) is 0 Å². The fraction of sp³-hybridized carbons (Fsp3) is 0.615. The molecule has 2 rings (SSSR count). The second-order valence-electron chi connectivity index (χ2n) is 4.42. The summed E-state index contributed by atoms with van der Waals surface area (Å²) in [6.45, 7) is 1.38. The molecule has 0 aliphatic heterocycles. The highest BCUT2D eigenvalue weighted by Gasteiger charge is 2.21. The zero-order valence-corrected chi connectivity index (χ0v) is 11.5. The molecule has 1 aliphatic rings. The molecule has 1 aliphatic carbocycles. The molecular formula is C13H19NO3S. The number of fused-ring (bicyclic) bond motifs is 1. The number of nitrogens with zero attached hydrogens (tertiary/aromatic N) is 1. The number of hydrogen-bond donors (Lipinski definition) is 1. The molecule has 4 nitrogen and oxygen atoms in total. The van der Waals surface area contributed by atoms with E-state index in [4.69, 9.17) is 9.84 Å². The van der Waals surface area contributed by atoms with Gasteiger partial charge in [-0.3, -0.25) is 4.79 Å². The number of hydrogen-bond acceptors (Lipinski definition) is 4. The lowest BCUT2D eigenvalue weighted by Crippen LogP contribution is -2.35. The van der Waals surface area contributed by atoms with Crippen LogP contribution in [0.2, 0.25) is 0 Å². The Morgan fingerprint density at radius 2 is 2.33 bits per heavy atom. The Kier molecular flexibility index (Phi) is 4.74. The lowest BCUT2D eigenvalue weighted by molar-refractivity contribution is 0.0661. The lowest BCUT2D eigenvalue weighted by atomic mass is 10.2. The number of aliphatic hydroxyl groups is 1. The number of aliphatic hydroxyl groups excluding tert-OH is 1. The molecule has 100 valence electrons. The third kappa shape index (κ3) is 2.91. The van der Waals surface area contributed by atoms with Crippen LogP contribution in [0.5, 0.6) is 0 Å². The summed E-state index contributed by atoms with van der Waals surface area (Å²) < 4.78 is 4.99. The Morgan fingerprint density at radius 3 is 3.00 bits per heavy atom. The first-order valence-electron chi connectivity index (χ1n) is 6.27. The summed E-state index contributed by atoms with van der Waals surface area (Å²) in [5, 5.41) is 9.02. The van der Waals surface area contributed by atoms with E-state index in [9.17, 15) is 4.79 Å². The average molecular weight is 269 g/mol. The molecule has 1 N–H and O–H groups in total. The maximum atomic E-state index is 12.3. The third-order valence-electron chi connectivity index (χ3n) is 3.18. The quantitative estimate of drug-likeness (QED) is 0.847. The van der Waals surface area contributed by atoms with E-state index in [1.807, 2.05) is 6.07 Å². The van der Waals surface area contributed by atoms with E-state index in [1.54, 1.807) is 23.3 Å². The topological polar surface area (TPSA) is 49.8 Å². The van der Waals surface area contributed by atoms with E-state index < -0.39 is 0 Å². The summed E-state index contributed by atoms with van der Waals surface area (Å²) in [6.07, 6.45) is 3.40. The van der Waals surface area contributed by atoms with Gasteiger partial charge in [-0.2, -0.15) is 0 Å². The second kappa shape index (κ2) is 6.31. The van der Waals surface area contributed by atoms with Gasteiger partial charge < -0.3 is 14.7 Å². The molecule has 1 amide bonds. The van der Waals surface area contributed by atoms with Crippen molar-refractivity contribution in [2.45, 2.75) is 19.3 Å². The first-order valence-corrected chi connectivity index (χ1v) is 7.08. The molecular weight excluding hydrogens is 250 g/mol. The predicted molar refractivity (Wildman–Crippen MR) is 71.2 cm³/mol. The molecule has 0 atom stereocenters. The number of aryl methyl sites for hydroxylation is 2. The van der Waals surface area contributed by atoms with Gasteiger partial charge in [0.25, 0.3) is 5.91 Å². The van der Waals surface area contributed by atoms with Gasteiger partial charge >= 0.3 is 0 Å². The SMILES string of the molecule is COCCN(CCO)C(=O)c1cc2c(s1)CCC2. The van der Waals surface area contributed by atoms with Gasteiger partial charge in [0.1, 0.15) is 0 Å². The van der Waals surface area contributed by atoms with Crippen LogP contribution >= 0.6 is 11.3 Å². The van der Waals surface area contributed by atoms with Crippen LogP contribution in [0.3, 0.4) is 0 Å². The molecule has 5 heteroatoms. The summed E-state index contributed by atoms with van der Waals surface area (Å²) >= 11 is 1.60. The largest absolute Gasteiger partial charge is 0.395 e. The van der Waals surface area contributed by atoms with Crippen molar-refractivity contribution in [1.82, 2.24) is 4.90 Å². The highest BCUT2D eigenvalue weighted by atomic mass is 32.1. The molecule has 0 saturated carbocycles. The van der Waals surface area contributed by atoms with E-state index >= 15 is 0 Å². The zero-order valence-electron chi connectivity index (χ0n) is 10.6.